The van der Waals surface area contributed by atoms with Crippen LogP contribution in [0.3, 0.4) is 0 Å². The number of piperazine rings is 1. The van der Waals surface area contributed by atoms with Crippen LogP contribution in [0.25, 0.3) is 0 Å². The fourth-order valence-corrected chi connectivity index (χ4v) is 3.38. The second-order valence-corrected chi connectivity index (χ2v) is 6.42. The maximum Gasteiger partial charge on any atom is 0.225 e. The number of aromatic nitrogens is 2. The minimum Gasteiger partial charge on any atom is -0.339 e. The van der Waals surface area contributed by atoms with Crippen molar-refractivity contribution in [3.05, 3.63) is 18.5 Å². The largest absolute Gasteiger partial charge is 0.339 e. The molecule has 1 amide bonds. The Bertz CT molecular complexity index is 479. The summed E-state index contributed by atoms with van der Waals surface area (Å²) in [7, 11) is 0. The summed E-state index contributed by atoms with van der Waals surface area (Å²) in [6.07, 6.45) is 9.43. The Hall–Kier alpha value is -1.69. The van der Waals surface area contributed by atoms with Crippen LogP contribution in [0.15, 0.2) is 18.5 Å². The predicted octanol–water partition coefficient (Wildman–Crippen LogP) is 1.39. The highest BCUT2D eigenvalue weighted by Gasteiger charge is 2.22. The zero-order chi connectivity index (χ0) is 15.9. The van der Waals surface area contributed by atoms with E-state index in [1.165, 1.54) is 25.7 Å². The summed E-state index contributed by atoms with van der Waals surface area (Å²) in [5, 5.41) is 0. The number of likely N-dealkylation sites (tertiary alicyclic amines) is 1. The molecule has 0 N–H and O–H groups in total. The smallest absolute Gasteiger partial charge is 0.225 e. The molecule has 0 bridgehead atoms. The van der Waals surface area contributed by atoms with Gasteiger partial charge in [-0.05, 0) is 32.0 Å². The van der Waals surface area contributed by atoms with Crippen LogP contribution in [0.2, 0.25) is 0 Å². The van der Waals surface area contributed by atoms with E-state index in [4.69, 9.17) is 0 Å². The Morgan fingerprint density at radius 2 is 1.57 bits per heavy atom. The number of hydrogen-bond donors (Lipinski definition) is 0. The first-order chi connectivity index (χ1) is 11.3. The molecule has 0 saturated carbocycles. The first-order valence-electron chi connectivity index (χ1n) is 8.85. The van der Waals surface area contributed by atoms with E-state index in [0.29, 0.717) is 12.3 Å². The first kappa shape index (κ1) is 16.2. The molecule has 2 fully saturated rings. The predicted molar refractivity (Wildman–Crippen MR) is 90.4 cm³/mol. The van der Waals surface area contributed by atoms with Crippen molar-refractivity contribution in [1.29, 1.82) is 0 Å². The van der Waals surface area contributed by atoms with Crippen molar-refractivity contribution in [3.63, 3.8) is 0 Å². The lowest BCUT2D eigenvalue weighted by Gasteiger charge is -2.35. The van der Waals surface area contributed by atoms with Crippen molar-refractivity contribution in [2.24, 2.45) is 0 Å². The monoisotopic (exact) mass is 317 g/mol. The van der Waals surface area contributed by atoms with E-state index in [1.54, 1.807) is 12.4 Å². The van der Waals surface area contributed by atoms with E-state index < -0.39 is 0 Å². The lowest BCUT2D eigenvalue weighted by Crippen LogP contribution is -2.49. The minimum atomic E-state index is 0.294. The van der Waals surface area contributed by atoms with Gasteiger partial charge in [0.1, 0.15) is 0 Å². The average molecular weight is 317 g/mol. The Labute approximate surface area is 138 Å². The average Bonchev–Trinajstić information content (AvgIpc) is 2.89. The van der Waals surface area contributed by atoms with Crippen LogP contribution in [-0.2, 0) is 4.79 Å². The molecule has 3 heterocycles. The maximum atomic E-state index is 12.4. The van der Waals surface area contributed by atoms with Gasteiger partial charge in [0.05, 0.1) is 0 Å². The van der Waals surface area contributed by atoms with Crippen molar-refractivity contribution >= 4 is 11.9 Å². The molecule has 0 atom stereocenters. The number of amides is 1. The fourth-order valence-electron chi connectivity index (χ4n) is 3.38. The Kier molecular flexibility index (Phi) is 5.80. The summed E-state index contributed by atoms with van der Waals surface area (Å²) in [5.74, 6) is 1.06. The highest BCUT2D eigenvalue weighted by atomic mass is 16.2. The lowest BCUT2D eigenvalue weighted by molar-refractivity contribution is -0.131. The third-order valence-corrected chi connectivity index (χ3v) is 4.81. The van der Waals surface area contributed by atoms with Gasteiger partial charge in [-0.3, -0.25) is 4.79 Å². The number of carbonyl (C=O) groups excluding carboxylic acids is 1. The fraction of sp³-hybridized carbons (Fsp3) is 0.706. The second-order valence-electron chi connectivity index (χ2n) is 6.42. The number of anilines is 1. The zero-order valence-electron chi connectivity index (χ0n) is 13.9. The molecule has 23 heavy (non-hydrogen) atoms. The molecule has 3 rings (SSSR count). The molecular formula is C17H27N5O. The molecule has 126 valence electrons. The van der Waals surface area contributed by atoms with Crippen molar-refractivity contribution < 1.29 is 4.79 Å². The molecule has 1 aromatic heterocycles. The molecular weight excluding hydrogens is 290 g/mol. The molecule has 0 radical (unpaired) electrons. The minimum absolute atomic E-state index is 0.294. The van der Waals surface area contributed by atoms with Crippen molar-refractivity contribution in [3.8, 4) is 0 Å². The van der Waals surface area contributed by atoms with Crippen LogP contribution in [-0.4, -0.2) is 71.5 Å². The van der Waals surface area contributed by atoms with E-state index in [9.17, 15) is 4.79 Å². The van der Waals surface area contributed by atoms with Crippen LogP contribution < -0.4 is 4.90 Å². The molecule has 0 spiro atoms. The number of rotatable bonds is 4. The normalized spacial score (nSPS) is 20.3. The highest BCUT2D eigenvalue weighted by molar-refractivity contribution is 5.76. The van der Waals surface area contributed by atoms with Gasteiger partial charge < -0.3 is 14.7 Å². The molecule has 0 aliphatic carbocycles. The standard InChI is InChI=1S/C17H27N5O/c23-16(6-11-20-9-3-1-2-4-10-20)21-12-14-22(15-13-21)17-18-7-5-8-19-17/h5,7-8H,1-4,6,9-15H2. The van der Waals surface area contributed by atoms with Crippen molar-refractivity contribution in [1.82, 2.24) is 19.8 Å². The maximum absolute atomic E-state index is 12.4. The zero-order valence-corrected chi connectivity index (χ0v) is 13.9. The third kappa shape index (κ3) is 4.64. The van der Waals surface area contributed by atoms with Gasteiger partial charge in [-0.15, -0.1) is 0 Å². The first-order valence-corrected chi connectivity index (χ1v) is 8.85. The van der Waals surface area contributed by atoms with E-state index in [2.05, 4.69) is 19.8 Å². The summed E-state index contributed by atoms with van der Waals surface area (Å²) in [5.41, 5.74) is 0. The molecule has 1 aromatic rings. The third-order valence-electron chi connectivity index (χ3n) is 4.81. The Morgan fingerprint density at radius 1 is 0.913 bits per heavy atom. The van der Waals surface area contributed by atoms with Crippen LogP contribution >= 0.6 is 0 Å². The number of carbonyl (C=O) groups is 1. The molecule has 2 aliphatic heterocycles. The van der Waals surface area contributed by atoms with E-state index in [0.717, 1.165) is 51.8 Å². The second kappa shape index (κ2) is 8.24. The SMILES string of the molecule is O=C(CCN1CCCCCC1)N1CCN(c2ncccn2)CC1. The highest BCUT2D eigenvalue weighted by Crippen LogP contribution is 2.12. The quantitative estimate of drug-likeness (QED) is 0.840. The van der Waals surface area contributed by atoms with Crippen LogP contribution in [0.4, 0.5) is 5.95 Å². The Morgan fingerprint density at radius 3 is 2.22 bits per heavy atom. The van der Waals surface area contributed by atoms with Crippen LogP contribution in [0, 0.1) is 0 Å². The summed E-state index contributed by atoms with van der Waals surface area (Å²) in [4.78, 5) is 27.6. The van der Waals surface area contributed by atoms with Crippen LogP contribution in [0.5, 0.6) is 0 Å². The molecule has 2 saturated heterocycles. The van der Waals surface area contributed by atoms with Gasteiger partial charge in [0.15, 0.2) is 0 Å². The van der Waals surface area contributed by atoms with Crippen molar-refractivity contribution in [2.75, 3.05) is 50.7 Å². The number of hydrogen-bond acceptors (Lipinski definition) is 5. The molecule has 6 heteroatoms. The van der Waals surface area contributed by atoms with Crippen LogP contribution in [0.1, 0.15) is 32.1 Å². The number of nitrogens with zero attached hydrogens (tertiary/aromatic N) is 5. The van der Waals surface area contributed by atoms with Gasteiger partial charge in [-0.1, -0.05) is 12.8 Å². The lowest BCUT2D eigenvalue weighted by atomic mass is 10.2. The summed E-state index contributed by atoms with van der Waals surface area (Å²) < 4.78 is 0. The molecule has 0 aromatic carbocycles. The van der Waals surface area contributed by atoms with E-state index in [-0.39, 0.29) is 0 Å². The van der Waals surface area contributed by atoms with Gasteiger partial charge >= 0.3 is 0 Å². The van der Waals surface area contributed by atoms with Gasteiger partial charge in [0.2, 0.25) is 11.9 Å². The van der Waals surface area contributed by atoms with Gasteiger partial charge in [0.25, 0.3) is 0 Å². The van der Waals surface area contributed by atoms with E-state index in [1.807, 2.05) is 11.0 Å². The van der Waals surface area contributed by atoms with Gasteiger partial charge in [0, 0.05) is 51.5 Å². The molecule has 2 aliphatic rings. The Balaban J connectivity index is 1.41. The molecule has 6 nitrogen and oxygen atoms in total. The summed E-state index contributed by atoms with van der Waals surface area (Å²) in [6, 6.07) is 1.83. The van der Waals surface area contributed by atoms with Gasteiger partial charge in [-0.25, -0.2) is 9.97 Å². The molecule has 0 unspecified atom stereocenters. The summed E-state index contributed by atoms with van der Waals surface area (Å²) in [6.45, 7) is 6.42. The van der Waals surface area contributed by atoms with Gasteiger partial charge in [-0.2, -0.15) is 0 Å². The van der Waals surface area contributed by atoms with Crippen molar-refractivity contribution in [2.45, 2.75) is 32.1 Å². The van der Waals surface area contributed by atoms with E-state index >= 15 is 0 Å². The topological polar surface area (TPSA) is 52.6 Å². The summed E-state index contributed by atoms with van der Waals surface area (Å²) >= 11 is 0.